The Bertz CT molecular complexity index is 1010. The molecule has 28 heavy (non-hydrogen) atoms. The van der Waals surface area contributed by atoms with E-state index in [0.29, 0.717) is 17.2 Å². The fraction of sp³-hybridized carbons (Fsp3) is 0.333. The second-order valence-electron chi connectivity index (χ2n) is 7.31. The number of rotatable bonds is 6. The van der Waals surface area contributed by atoms with Gasteiger partial charge in [-0.15, -0.1) is 0 Å². The fourth-order valence-electron chi connectivity index (χ4n) is 3.16. The van der Waals surface area contributed by atoms with Crippen LogP contribution in [0.2, 0.25) is 0 Å². The lowest BCUT2D eigenvalue weighted by molar-refractivity contribution is -0.117. The van der Waals surface area contributed by atoms with Crippen LogP contribution >= 0.6 is 0 Å². The van der Waals surface area contributed by atoms with Crippen LogP contribution in [-0.2, 0) is 25.8 Å². The molecular weight excluding hydrogens is 376 g/mol. The van der Waals surface area contributed by atoms with Crippen molar-refractivity contribution in [3.8, 4) is 0 Å². The lowest BCUT2D eigenvalue weighted by Crippen LogP contribution is -2.20. The first-order valence-electron chi connectivity index (χ1n) is 9.19. The lowest BCUT2D eigenvalue weighted by atomic mass is 10.0. The van der Waals surface area contributed by atoms with Crippen molar-refractivity contribution in [3.63, 3.8) is 0 Å². The summed E-state index contributed by atoms with van der Waals surface area (Å²) in [5.41, 5.74) is 3.24. The van der Waals surface area contributed by atoms with E-state index in [-0.39, 0.29) is 35.3 Å². The topological polar surface area (TPSA) is 83.5 Å². The van der Waals surface area contributed by atoms with Gasteiger partial charge >= 0.3 is 0 Å². The molecule has 1 heterocycles. The minimum atomic E-state index is -3.61. The first-order chi connectivity index (χ1) is 13.2. The van der Waals surface area contributed by atoms with Crippen molar-refractivity contribution in [1.82, 2.24) is 0 Å². The van der Waals surface area contributed by atoms with E-state index in [2.05, 4.69) is 19.2 Å². The molecule has 0 spiro atoms. The van der Waals surface area contributed by atoms with Crippen LogP contribution < -0.4 is 10.2 Å². The maximum absolute atomic E-state index is 12.6. The van der Waals surface area contributed by atoms with Crippen molar-refractivity contribution in [2.45, 2.75) is 37.5 Å². The van der Waals surface area contributed by atoms with E-state index >= 15 is 0 Å². The third-order valence-corrected chi connectivity index (χ3v) is 6.66. The molecule has 0 unspecified atom stereocenters. The molecule has 0 saturated carbocycles. The highest BCUT2D eigenvalue weighted by atomic mass is 32.2. The second-order valence-corrected chi connectivity index (χ2v) is 9.42. The smallest absolute Gasteiger partial charge is 0.231 e. The zero-order valence-electron chi connectivity index (χ0n) is 16.2. The summed E-state index contributed by atoms with van der Waals surface area (Å²) in [6.45, 7) is 4.18. The SMILES string of the molecule is CC(C)c1ccc(NC(=O)CCS(=O)(=O)c2ccc3c(c2)CC(=O)N3C)cc1. The van der Waals surface area contributed by atoms with Gasteiger partial charge in [0, 0.05) is 24.8 Å². The highest BCUT2D eigenvalue weighted by Gasteiger charge is 2.26. The first-order valence-corrected chi connectivity index (χ1v) is 10.8. The molecule has 0 radical (unpaired) electrons. The number of nitrogens with one attached hydrogen (secondary N) is 1. The van der Waals surface area contributed by atoms with Crippen molar-refractivity contribution in [2.75, 3.05) is 23.0 Å². The van der Waals surface area contributed by atoms with Gasteiger partial charge in [0.1, 0.15) is 0 Å². The molecule has 1 N–H and O–H groups in total. The van der Waals surface area contributed by atoms with Gasteiger partial charge in [-0.05, 0) is 47.4 Å². The first kappa shape index (κ1) is 20.1. The van der Waals surface area contributed by atoms with Crippen molar-refractivity contribution in [3.05, 3.63) is 53.6 Å². The summed E-state index contributed by atoms with van der Waals surface area (Å²) in [7, 11) is -1.95. The molecule has 0 aliphatic carbocycles. The monoisotopic (exact) mass is 400 g/mol. The summed E-state index contributed by atoms with van der Waals surface area (Å²) in [4.78, 5) is 25.6. The molecule has 0 saturated heterocycles. The van der Waals surface area contributed by atoms with E-state index in [9.17, 15) is 18.0 Å². The van der Waals surface area contributed by atoms with Crippen LogP contribution in [0, 0.1) is 0 Å². The Kier molecular flexibility index (Phi) is 5.56. The Morgan fingerprint density at radius 2 is 1.82 bits per heavy atom. The highest BCUT2D eigenvalue weighted by Crippen LogP contribution is 2.30. The van der Waals surface area contributed by atoms with Crippen molar-refractivity contribution in [1.29, 1.82) is 0 Å². The minimum Gasteiger partial charge on any atom is -0.326 e. The van der Waals surface area contributed by atoms with Gasteiger partial charge in [0.2, 0.25) is 11.8 Å². The lowest BCUT2D eigenvalue weighted by Gasteiger charge is -2.11. The Morgan fingerprint density at radius 1 is 1.14 bits per heavy atom. The molecule has 0 atom stereocenters. The highest BCUT2D eigenvalue weighted by molar-refractivity contribution is 7.91. The fourth-order valence-corrected chi connectivity index (χ4v) is 4.45. The summed E-state index contributed by atoms with van der Waals surface area (Å²) >= 11 is 0. The van der Waals surface area contributed by atoms with Crippen LogP contribution in [-0.4, -0.2) is 33.0 Å². The van der Waals surface area contributed by atoms with Crippen LogP contribution in [0.1, 0.15) is 37.3 Å². The van der Waals surface area contributed by atoms with E-state index < -0.39 is 9.84 Å². The van der Waals surface area contributed by atoms with E-state index in [1.54, 1.807) is 13.1 Å². The van der Waals surface area contributed by atoms with Gasteiger partial charge in [0.15, 0.2) is 9.84 Å². The third-order valence-electron chi connectivity index (χ3n) is 4.95. The summed E-state index contributed by atoms with van der Waals surface area (Å²) in [6.07, 6.45) is 0.0617. The average Bonchev–Trinajstić information content (AvgIpc) is 2.94. The summed E-state index contributed by atoms with van der Waals surface area (Å²) in [5, 5.41) is 2.73. The van der Waals surface area contributed by atoms with Crippen LogP contribution in [0.4, 0.5) is 11.4 Å². The number of anilines is 2. The van der Waals surface area contributed by atoms with E-state index in [0.717, 1.165) is 5.69 Å². The van der Waals surface area contributed by atoms with Crippen molar-refractivity contribution >= 4 is 33.0 Å². The summed E-state index contributed by atoms with van der Waals surface area (Å²) in [6, 6.07) is 12.2. The molecule has 148 valence electrons. The maximum Gasteiger partial charge on any atom is 0.231 e. The van der Waals surface area contributed by atoms with Gasteiger partial charge in [0.05, 0.1) is 17.1 Å². The second kappa shape index (κ2) is 7.75. The number of amides is 2. The largest absolute Gasteiger partial charge is 0.326 e. The Labute approximate surface area is 165 Å². The number of carbonyl (C=O) groups is 2. The summed E-state index contributed by atoms with van der Waals surface area (Å²) in [5.74, 6) is -0.299. The molecule has 7 heteroatoms. The quantitative estimate of drug-likeness (QED) is 0.807. The molecule has 3 rings (SSSR count). The van der Waals surface area contributed by atoms with Crippen LogP contribution in [0.3, 0.4) is 0 Å². The van der Waals surface area contributed by atoms with Crippen molar-refractivity contribution < 1.29 is 18.0 Å². The van der Waals surface area contributed by atoms with E-state index in [1.807, 2.05) is 24.3 Å². The van der Waals surface area contributed by atoms with Crippen LogP contribution in [0.15, 0.2) is 47.4 Å². The molecular formula is C21H24N2O4S. The number of sulfone groups is 1. The Balaban J connectivity index is 1.63. The van der Waals surface area contributed by atoms with Gasteiger partial charge in [-0.3, -0.25) is 9.59 Å². The number of carbonyl (C=O) groups excluding carboxylic acids is 2. The van der Waals surface area contributed by atoms with Gasteiger partial charge in [-0.1, -0.05) is 26.0 Å². The molecule has 6 nitrogen and oxygen atoms in total. The number of benzene rings is 2. The maximum atomic E-state index is 12.6. The molecule has 2 aromatic carbocycles. The van der Waals surface area contributed by atoms with Crippen molar-refractivity contribution in [2.24, 2.45) is 0 Å². The zero-order chi connectivity index (χ0) is 20.5. The van der Waals surface area contributed by atoms with Gasteiger partial charge in [0.25, 0.3) is 0 Å². The molecule has 1 aliphatic rings. The van der Waals surface area contributed by atoms with Crippen LogP contribution in [0.25, 0.3) is 0 Å². The number of nitrogens with zero attached hydrogens (tertiary/aromatic N) is 1. The van der Waals surface area contributed by atoms with Crippen LogP contribution in [0.5, 0.6) is 0 Å². The zero-order valence-corrected chi connectivity index (χ0v) is 17.0. The predicted octanol–water partition coefficient (Wildman–Crippen LogP) is 3.13. The Morgan fingerprint density at radius 3 is 2.46 bits per heavy atom. The molecule has 2 aromatic rings. The number of hydrogen-bond donors (Lipinski definition) is 1. The van der Waals surface area contributed by atoms with E-state index in [4.69, 9.17) is 0 Å². The predicted molar refractivity (Wildman–Crippen MR) is 109 cm³/mol. The molecule has 0 bridgehead atoms. The number of fused-ring (bicyclic) bond motifs is 1. The molecule has 0 aromatic heterocycles. The normalized spacial score (nSPS) is 13.7. The number of hydrogen-bond acceptors (Lipinski definition) is 4. The van der Waals surface area contributed by atoms with Gasteiger partial charge in [-0.2, -0.15) is 0 Å². The van der Waals surface area contributed by atoms with E-state index in [1.165, 1.54) is 22.6 Å². The molecule has 2 amide bonds. The molecule has 0 fully saturated rings. The third kappa shape index (κ3) is 4.25. The average molecular weight is 401 g/mol. The minimum absolute atomic E-state index is 0.0626. The standard InChI is InChI=1S/C21H24N2O4S/c1-14(2)15-4-6-17(7-5-15)22-20(24)10-11-28(26,27)18-8-9-19-16(12-18)13-21(25)23(19)3/h4-9,12,14H,10-11,13H2,1-3H3,(H,22,24). The molecule has 1 aliphatic heterocycles. The summed E-state index contributed by atoms with van der Waals surface area (Å²) < 4.78 is 25.2. The number of likely N-dealkylation sites (N-methyl/N-ethyl adjacent to an activating group) is 1. The van der Waals surface area contributed by atoms with Gasteiger partial charge in [-0.25, -0.2) is 8.42 Å². The Hall–Kier alpha value is -2.67. The van der Waals surface area contributed by atoms with Gasteiger partial charge < -0.3 is 10.2 Å².